The molecule has 1 aromatic heterocycles. The predicted molar refractivity (Wildman–Crippen MR) is 232 cm³/mol. The van der Waals surface area contributed by atoms with Gasteiger partial charge in [0, 0.05) is 57.9 Å². The number of hydrogen-bond donors (Lipinski definition) is 4. The van der Waals surface area contributed by atoms with E-state index in [2.05, 4.69) is 20.3 Å². The first-order chi connectivity index (χ1) is 30.5. The van der Waals surface area contributed by atoms with Crippen molar-refractivity contribution in [1.82, 2.24) is 24.1 Å². The van der Waals surface area contributed by atoms with Crippen LogP contribution < -0.4 is 30.6 Å². The van der Waals surface area contributed by atoms with Gasteiger partial charge in [-0.15, -0.1) is 0 Å². The molecule has 1 saturated carbocycles. The van der Waals surface area contributed by atoms with Crippen LogP contribution in [0.5, 0.6) is 11.5 Å². The van der Waals surface area contributed by atoms with Gasteiger partial charge in [-0.1, -0.05) is 6.92 Å². The van der Waals surface area contributed by atoms with Gasteiger partial charge in [0.1, 0.15) is 29.2 Å². The van der Waals surface area contributed by atoms with Crippen molar-refractivity contribution in [3.8, 4) is 17.6 Å². The standard InChI is InChI=1S/C44H49F2N9O8S/c1-3-52(2)64(61,62)51-35-8-6-32(45)40(31(35)25-47)63-29-5-7-34-30(21-29)42(59)55(26-48-34)28-22-43(23-28)12-16-54(17-13-43)39(57)24-44(60)14-18-53(19-15-44)37-10-4-27(20-33(37)46)49-36-9-11-38(56)50-41(36)58/h4-8,10,20-21,26,28,36,49,51,60H,3,9,11-19,22-24H2,1-2H3,(H,50,56,58). The van der Waals surface area contributed by atoms with Gasteiger partial charge in [-0.3, -0.25) is 33.8 Å². The van der Waals surface area contributed by atoms with Gasteiger partial charge in [0.05, 0.1) is 40.6 Å². The summed E-state index contributed by atoms with van der Waals surface area (Å²) in [6, 6.07) is 12.2. The lowest BCUT2D eigenvalue weighted by Gasteiger charge is -2.52. The third-order valence-corrected chi connectivity index (χ3v) is 14.8. The Labute approximate surface area is 368 Å². The van der Waals surface area contributed by atoms with Gasteiger partial charge in [0.25, 0.3) is 5.56 Å². The lowest BCUT2D eigenvalue weighted by atomic mass is 9.60. The zero-order chi connectivity index (χ0) is 45.6. The van der Waals surface area contributed by atoms with Crippen LogP contribution in [-0.2, 0) is 24.6 Å². The summed E-state index contributed by atoms with van der Waals surface area (Å²) in [6.45, 7) is 3.52. The number of halogens is 2. The average molecular weight is 902 g/mol. The second-order valence-electron chi connectivity index (χ2n) is 17.3. The van der Waals surface area contributed by atoms with Crippen LogP contribution in [0.25, 0.3) is 10.9 Å². The minimum absolute atomic E-state index is 0.0388. The van der Waals surface area contributed by atoms with Crippen molar-refractivity contribution in [2.24, 2.45) is 5.41 Å². The number of nitriles is 1. The number of aliphatic hydroxyl groups is 1. The molecule has 4 aromatic rings. The van der Waals surface area contributed by atoms with Crippen LogP contribution >= 0.6 is 0 Å². The molecule has 3 amide bonds. The quantitative estimate of drug-likeness (QED) is 0.144. The summed E-state index contributed by atoms with van der Waals surface area (Å²) in [6.07, 6.45) is 5.43. The van der Waals surface area contributed by atoms with E-state index in [1.165, 1.54) is 31.6 Å². The highest BCUT2D eigenvalue weighted by molar-refractivity contribution is 7.90. The van der Waals surface area contributed by atoms with E-state index in [0.717, 1.165) is 29.3 Å². The second kappa shape index (κ2) is 17.4. The Balaban J connectivity index is 0.844. The number of carbonyl (C=O) groups is 3. The molecular formula is C44H49F2N9O8S. The van der Waals surface area contributed by atoms with Crippen LogP contribution in [0, 0.1) is 28.4 Å². The third-order valence-electron chi connectivity index (χ3n) is 13.2. The molecule has 4 heterocycles. The van der Waals surface area contributed by atoms with E-state index in [4.69, 9.17) is 4.74 Å². The molecule has 3 aromatic carbocycles. The van der Waals surface area contributed by atoms with Crippen molar-refractivity contribution < 1.29 is 41.4 Å². The number of likely N-dealkylation sites (tertiary alicyclic amines) is 1. The van der Waals surface area contributed by atoms with Gasteiger partial charge >= 0.3 is 10.2 Å². The monoisotopic (exact) mass is 901 g/mol. The van der Waals surface area contributed by atoms with Gasteiger partial charge in [-0.05, 0) is 98.9 Å². The molecule has 1 spiro atoms. The van der Waals surface area contributed by atoms with Crippen LogP contribution in [0.15, 0.2) is 59.7 Å². The predicted octanol–water partition coefficient (Wildman–Crippen LogP) is 4.53. The molecule has 338 valence electrons. The number of rotatable bonds is 12. The van der Waals surface area contributed by atoms with Crippen molar-refractivity contribution in [2.45, 2.75) is 82.4 Å². The molecule has 4 aliphatic rings. The molecule has 1 unspecified atom stereocenters. The Hall–Kier alpha value is -6.17. The number of benzene rings is 3. The number of aromatic nitrogens is 2. The number of nitrogens with zero attached hydrogens (tertiary/aromatic N) is 6. The number of ether oxygens (including phenoxy) is 1. The largest absolute Gasteiger partial charge is 0.453 e. The van der Waals surface area contributed by atoms with Gasteiger partial charge in [-0.2, -0.15) is 18.0 Å². The first-order valence-corrected chi connectivity index (χ1v) is 22.7. The van der Waals surface area contributed by atoms with E-state index < -0.39 is 45.1 Å². The Morgan fingerprint density at radius 2 is 1.77 bits per heavy atom. The molecule has 17 nitrogen and oxygen atoms in total. The lowest BCUT2D eigenvalue weighted by Crippen LogP contribution is -2.52. The summed E-state index contributed by atoms with van der Waals surface area (Å²) in [5.41, 5.74) is -1.01. The third kappa shape index (κ3) is 8.96. The van der Waals surface area contributed by atoms with Gasteiger partial charge < -0.3 is 25.0 Å². The summed E-state index contributed by atoms with van der Waals surface area (Å²) in [7, 11) is -2.68. The van der Waals surface area contributed by atoms with Crippen molar-refractivity contribution in [3.05, 3.63) is 82.4 Å². The highest BCUT2D eigenvalue weighted by atomic mass is 32.2. The summed E-state index contributed by atoms with van der Waals surface area (Å²) in [5.74, 6) is -2.77. The minimum Gasteiger partial charge on any atom is -0.453 e. The van der Waals surface area contributed by atoms with Gasteiger partial charge in [-0.25, -0.2) is 13.8 Å². The summed E-state index contributed by atoms with van der Waals surface area (Å²) >= 11 is 0. The van der Waals surface area contributed by atoms with Crippen LogP contribution in [-0.4, -0.2) is 101 Å². The summed E-state index contributed by atoms with van der Waals surface area (Å²) in [5, 5.41) is 26.8. The molecule has 3 aliphatic heterocycles. The molecule has 0 bridgehead atoms. The summed E-state index contributed by atoms with van der Waals surface area (Å²) in [4.78, 5) is 59.0. The highest BCUT2D eigenvalue weighted by Crippen LogP contribution is 2.54. The van der Waals surface area contributed by atoms with Gasteiger partial charge in [0.2, 0.25) is 17.7 Å². The first kappa shape index (κ1) is 44.4. The number of fused-ring (bicyclic) bond motifs is 1. The van der Waals surface area contributed by atoms with Crippen LogP contribution in [0.3, 0.4) is 0 Å². The first-order valence-electron chi connectivity index (χ1n) is 21.3. The molecule has 8 rings (SSSR count). The fraction of sp³-hybridized carbons (Fsp3) is 0.455. The van der Waals surface area contributed by atoms with Crippen LogP contribution in [0.1, 0.15) is 76.3 Å². The van der Waals surface area contributed by atoms with Crippen molar-refractivity contribution >= 4 is 55.9 Å². The highest BCUT2D eigenvalue weighted by Gasteiger charge is 2.48. The van der Waals surface area contributed by atoms with Crippen molar-refractivity contribution in [1.29, 1.82) is 5.26 Å². The molecule has 1 aliphatic carbocycles. The molecule has 64 heavy (non-hydrogen) atoms. The Morgan fingerprint density at radius 1 is 1.03 bits per heavy atom. The Morgan fingerprint density at radius 3 is 2.44 bits per heavy atom. The van der Waals surface area contributed by atoms with E-state index >= 15 is 8.78 Å². The molecular weight excluding hydrogens is 853 g/mol. The fourth-order valence-electron chi connectivity index (χ4n) is 9.19. The van der Waals surface area contributed by atoms with E-state index in [-0.39, 0.29) is 83.4 Å². The van der Waals surface area contributed by atoms with Crippen LogP contribution in [0.4, 0.5) is 25.8 Å². The second-order valence-corrected chi connectivity index (χ2v) is 19.1. The smallest absolute Gasteiger partial charge is 0.301 e. The molecule has 1 atom stereocenters. The minimum atomic E-state index is -4.03. The lowest BCUT2D eigenvalue weighted by molar-refractivity contribution is -0.141. The topological polar surface area (TPSA) is 219 Å². The maximum Gasteiger partial charge on any atom is 0.301 e. The van der Waals surface area contributed by atoms with Crippen molar-refractivity contribution in [3.63, 3.8) is 0 Å². The maximum absolute atomic E-state index is 15.3. The number of hydrogen-bond acceptors (Lipinski definition) is 12. The zero-order valence-corrected chi connectivity index (χ0v) is 36.2. The van der Waals surface area contributed by atoms with E-state index in [0.29, 0.717) is 62.3 Å². The average Bonchev–Trinajstić information content (AvgIpc) is 3.25. The number of imide groups is 1. The SMILES string of the molecule is CCN(C)S(=O)(=O)Nc1ccc(F)c(Oc2ccc3ncn(C4CC5(CCN(C(=O)CC6(O)CCN(c7ccc(NC8CCC(=O)NC8=O)cc7F)CC6)CC5)C4)c(=O)c3c2)c1C#N. The number of amides is 3. The molecule has 3 saturated heterocycles. The number of piperidine rings is 3. The number of carbonyl (C=O) groups excluding carboxylic acids is 3. The molecule has 20 heteroatoms. The maximum atomic E-state index is 15.3. The van der Waals surface area contributed by atoms with Crippen molar-refractivity contribution in [2.75, 3.05) is 54.7 Å². The van der Waals surface area contributed by atoms with E-state index in [1.54, 1.807) is 34.6 Å². The Kier molecular flexibility index (Phi) is 12.1. The molecule has 4 fully saturated rings. The molecule has 0 radical (unpaired) electrons. The summed E-state index contributed by atoms with van der Waals surface area (Å²) < 4.78 is 66.4. The van der Waals surface area contributed by atoms with E-state index in [9.17, 15) is 38.0 Å². The van der Waals surface area contributed by atoms with Crippen LogP contribution in [0.2, 0.25) is 0 Å². The zero-order valence-electron chi connectivity index (χ0n) is 35.4. The van der Waals surface area contributed by atoms with Gasteiger partial charge in [0.15, 0.2) is 11.6 Å². The fourth-order valence-corrected chi connectivity index (χ4v) is 10.1. The van der Waals surface area contributed by atoms with E-state index in [1.807, 2.05) is 11.0 Å². The number of anilines is 3. The normalized spacial score (nSPS) is 19.9. The number of nitrogens with one attached hydrogen (secondary N) is 3. The Bertz CT molecular complexity index is 2720. The molecule has 4 N–H and O–H groups in total.